The molecule has 0 spiro atoms. The van der Waals surface area contributed by atoms with Crippen LogP contribution in [0.5, 0.6) is 0 Å². The Hall–Kier alpha value is -0.630. The van der Waals surface area contributed by atoms with Crippen LogP contribution in [0.3, 0.4) is 0 Å². The van der Waals surface area contributed by atoms with Gasteiger partial charge in [0.05, 0.1) is 10.8 Å². The molecule has 0 bridgehead atoms. The Morgan fingerprint density at radius 3 is 2.00 bits per heavy atom. The zero-order valence-corrected chi connectivity index (χ0v) is 10.8. The first-order valence-corrected chi connectivity index (χ1v) is 6.71. The summed E-state index contributed by atoms with van der Waals surface area (Å²) in [6.45, 7) is 8.39. The standard InChI is InChI=1S/C13H20OS/c1-10(2)9-12-5-7-13(8-6-12)15(14)11(3)4/h5-8,10-11H,9H2,1-4H3. The minimum atomic E-state index is -0.856. The molecule has 0 amide bonds. The molecule has 0 saturated carbocycles. The van der Waals surface area contributed by atoms with Crippen molar-refractivity contribution in [3.63, 3.8) is 0 Å². The van der Waals surface area contributed by atoms with E-state index in [4.69, 9.17) is 0 Å². The monoisotopic (exact) mass is 224 g/mol. The summed E-state index contributed by atoms with van der Waals surface area (Å²) >= 11 is 0. The molecule has 1 aromatic rings. The number of rotatable bonds is 4. The fourth-order valence-electron chi connectivity index (χ4n) is 1.50. The van der Waals surface area contributed by atoms with Gasteiger partial charge in [-0.1, -0.05) is 39.8 Å². The highest BCUT2D eigenvalue weighted by molar-refractivity contribution is 7.85. The highest BCUT2D eigenvalue weighted by atomic mass is 32.2. The van der Waals surface area contributed by atoms with Gasteiger partial charge in [0, 0.05) is 10.1 Å². The molecular weight excluding hydrogens is 204 g/mol. The Morgan fingerprint density at radius 1 is 1.07 bits per heavy atom. The minimum Gasteiger partial charge on any atom is -0.254 e. The van der Waals surface area contributed by atoms with Gasteiger partial charge >= 0.3 is 0 Å². The molecule has 1 unspecified atom stereocenters. The highest BCUT2D eigenvalue weighted by Gasteiger charge is 2.07. The lowest BCUT2D eigenvalue weighted by atomic mass is 10.0. The lowest BCUT2D eigenvalue weighted by Crippen LogP contribution is -2.05. The normalized spacial score (nSPS) is 13.5. The molecule has 1 rings (SSSR count). The van der Waals surface area contributed by atoms with Crippen LogP contribution in [0.2, 0.25) is 0 Å². The zero-order chi connectivity index (χ0) is 11.4. The van der Waals surface area contributed by atoms with Crippen molar-refractivity contribution in [2.24, 2.45) is 5.92 Å². The van der Waals surface area contributed by atoms with Crippen LogP contribution < -0.4 is 0 Å². The van der Waals surface area contributed by atoms with Gasteiger partial charge in [-0.05, 0) is 30.0 Å². The van der Waals surface area contributed by atoms with E-state index in [2.05, 4.69) is 26.0 Å². The molecule has 2 heteroatoms. The Bertz CT molecular complexity index is 325. The van der Waals surface area contributed by atoms with E-state index in [0.717, 1.165) is 11.3 Å². The van der Waals surface area contributed by atoms with Gasteiger partial charge in [-0.25, -0.2) is 0 Å². The molecule has 0 saturated heterocycles. The molecule has 0 radical (unpaired) electrons. The van der Waals surface area contributed by atoms with Crippen molar-refractivity contribution in [3.8, 4) is 0 Å². The van der Waals surface area contributed by atoms with Crippen molar-refractivity contribution in [2.45, 2.75) is 44.3 Å². The van der Waals surface area contributed by atoms with Crippen LogP contribution in [0, 0.1) is 5.92 Å². The fourth-order valence-corrected chi connectivity index (χ4v) is 2.45. The first-order chi connectivity index (χ1) is 7.00. The van der Waals surface area contributed by atoms with Crippen molar-refractivity contribution in [1.82, 2.24) is 0 Å². The summed E-state index contributed by atoms with van der Waals surface area (Å²) < 4.78 is 11.8. The van der Waals surface area contributed by atoms with E-state index in [1.807, 2.05) is 26.0 Å². The van der Waals surface area contributed by atoms with Crippen molar-refractivity contribution in [2.75, 3.05) is 0 Å². The molecular formula is C13H20OS. The van der Waals surface area contributed by atoms with Crippen LogP contribution in [-0.2, 0) is 17.2 Å². The van der Waals surface area contributed by atoms with Crippen LogP contribution in [0.4, 0.5) is 0 Å². The first-order valence-electron chi connectivity index (χ1n) is 5.50. The van der Waals surface area contributed by atoms with Gasteiger partial charge < -0.3 is 0 Å². The Kier molecular flexibility index (Phi) is 4.52. The van der Waals surface area contributed by atoms with E-state index in [1.165, 1.54) is 5.56 Å². The zero-order valence-electron chi connectivity index (χ0n) is 9.99. The lowest BCUT2D eigenvalue weighted by molar-refractivity contribution is 0.647. The molecule has 1 nitrogen and oxygen atoms in total. The number of benzene rings is 1. The Labute approximate surface area is 95.4 Å². The summed E-state index contributed by atoms with van der Waals surface area (Å²) in [4.78, 5) is 0.942. The predicted molar refractivity (Wildman–Crippen MR) is 66.5 cm³/mol. The van der Waals surface area contributed by atoms with Crippen LogP contribution in [0.25, 0.3) is 0 Å². The van der Waals surface area contributed by atoms with Gasteiger partial charge in [-0.15, -0.1) is 0 Å². The average Bonchev–Trinajstić information content (AvgIpc) is 2.17. The van der Waals surface area contributed by atoms with Crippen molar-refractivity contribution < 1.29 is 4.21 Å². The van der Waals surface area contributed by atoms with E-state index < -0.39 is 10.8 Å². The van der Waals surface area contributed by atoms with Crippen LogP contribution >= 0.6 is 0 Å². The maximum Gasteiger partial charge on any atom is 0.0555 e. The molecule has 0 N–H and O–H groups in total. The van der Waals surface area contributed by atoms with Crippen LogP contribution in [-0.4, -0.2) is 9.46 Å². The largest absolute Gasteiger partial charge is 0.254 e. The molecule has 0 aromatic heterocycles. The quantitative estimate of drug-likeness (QED) is 0.766. The van der Waals surface area contributed by atoms with Crippen molar-refractivity contribution in [3.05, 3.63) is 29.8 Å². The summed E-state index contributed by atoms with van der Waals surface area (Å²) in [5.74, 6) is 0.673. The van der Waals surface area contributed by atoms with E-state index >= 15 is 0 Å². The maximum atomic E-state index is 11.8. The molecule has 1 aromatic carbocycles. The van der Waals surface area contributed by atoms with E-state index in [1.54, 1.807) is 0 Å². The molecule has 0 aliphatic heterocycles. The molecule has 1 atom stereocenters. The van der Waals surface area contributed by atoms with Gasteiger partial charge in [0.25, 0.3) is 0 Å². The number of hydrogen-bond acceptors (Lipinski definition) is 1. The molecule has 0 heterocycles. The van der Waals surface area contributed by atoms with E-state index in [-0.39, 0.29) is 5.25 Å². The lowest BCUT2D eigenvalue weighted by Gasteiger charge is -2.08. The second kappa shape index (κ2) is 5.45. The SMILES string of the molecule is CC(C)Cc1ccc(S(=O)C(C)C)cc1. The minimum absolute atomic E-state index is 0.195. The third kappa shape index (κ3) is 3.78. The topological polar surface area (TPSA) is 17.1 Å². The van der Waals surface area contributed by atoms with Crippen molar-refractivity contribution in [1.29, 1.82) is 0 Å². The fraction of sp³-hybridized carbons (Fsp3) is 0.538. The Morgan fingerprint density at radius 2 is 1.60 bits per heavy atom. The summed E-state index contributed by atoms with van der Waals surface area (Å²) in [5.41, 5.74) is 1.33. The molecule has 0 aliphatic rings. The summed E-state index contributed by atoms with van der Waals surface area (Å²) in [6, 6.07) is 8.17. The summed E-state index contributed by atoms with van der Waals surface area (Å²) in [7, 11) is -0.856. The molecule has 0 fully saturated rings. The van der Waals surface area contributed by atoms with Gasteiger partial charge in [-0.3, -0.25) is 4.21 Å². The van der Waals surface area contributed by atoms with Gasteiger partial charge in [-0.2, -0.15) is 0 Å². The second-order valence-electron chi connectivity index (χ2n) is 4.59. The number of hydrogen-bond donors (Lipinski definition) is 0. The van der Waals surface area contributed by atoms with Crippen molar-refractivity contribution >= 4 is 10.8 Å². The van der Waals surface area contributed by atoms with Gasteiger partial charge in [0.1, 0.15) is 0 Å². The first kappa shape index (κ1) is 12.4. The van der Waals surface area contributed by atoms with Crippen LogP contribution in [0.1, 0.15) is 33.3 Å². The molecule has 15 heavy (non-hydrogen) atoms. The Balaban J connectivity index is 2.76. The van der Waals surface area contributed by atoms with E-state index in [0.29, 0.717) is 5.92 Å². The van der Waals surface area contributed by atoms with E-state index in [9.17, 15) is 4.21 Å². The average molecular weight is 224 g/mol. The maximum absolute atomic E-state index is 11.8. The van der Waals surface area contributed by atoms with Gasteiger partial charge in [0.2, 0.25) is 0 Å². The summed E-state index contributed by atoms with van der Waals surface area (Å²) in [5, 5.41) is 0.195. The molecule has 0 aliphatic carbocycles. The van der Waals surface area contributed by atoms with Gasteiger partial charge in [0.15, 0.2) is 0 Å². The predicted octanol–water partition coefficient (Wildman–Crippen LogP) is 3.40. The smallest absolute Gasteiger partial charge is 0.0555 e. The molecule has 84 valence electrons. The third-order valence-electron chi connectivity index (χ3n) is 2.23. The summed E-state index contributed by atoms with van der Waals surface area (Å²) in [6.07, 6.45) is 1.09. The van der Waals surface area contributed by atoms with Crippen LogP contribution in [0.15, 0.2) is 29.2 Å². The highest BCUT2D eigenvalue weighted by Crippen LogP contribution is 2.14. The second-order valence-corrected chi connectivity index (χ2v) is 6.60. The third-order valence-corrected chi connectivity index (χ3v) is 3.82.